The van der Waals surface area contributed by atoms with Crippen LogP contribution in [-0.4, -0.2) is 15.0 Å². The molecule has 3 heteroatoms. The van der Waals surface area contributed by atoms with Crippen LogP contribution in [0.1, 0.15) is 17.9 Å². The third-order valence-corrected chi connectivity index (χ3v) is 10.9. The minimum Gasteiger partial charge on any atom is -0.208 e. The minimum absolute atomic E-state index is 0.371. The third-order valence-electron chi connectivity index (χ3n) is 10.9. The average Bonchev–Trinajstić information content (AvgIpc) is 3.29. The summed E-state index contributed by atoms with van der Waals surface area (Å²) in [5.74, 6) is 2.30. The Morgan fingerprint density at radius 2 is 0.821 bits per heavy atom. The zero-order chi connectivity index (χ0) is 37.3. The van der Waals surface area contributed by atoms with Gasteiger partial charge in [0.2, 0.25) is 0 Å². The van der Waals surface area contributed by atoms with Crippen LogP contribution in [0.3, 0.4) is 0 Å². The van der Waals surface area contributed by atoms with Gasteiger partial charge in [0, 0.05) is 22.6 Å². The van der Waals surface area contributed by atoms with E-state index in [0.717, 1.165) is 45.4 Å². The van der Waals surface area contributed by atoms with Crippen molar-refractivity contribution in [2.75, 3.05) is 0 Å². The fourth-order valence-corrected chi connectivity index (χ4v) is 7.89. The maximum Gasteiger partial charge on any atom is 0.164 e. The van der Waals surface area contributed by atoms with Crippen molar-refractivity contribution in [2.45, 2.75) is 12.3 Å². The van der Waals surface area contributed by atoms with Gasteiger partial charge < -0.3 is 0 Å². The Morgan fingerprint density at radius 3 is 1.46 bits per heavy atom. The van der Waals surface area contributed by atoms with Crippen molar-refractivity contribution in [3.05, 3.63) is 212 Å². The summed E-state index contributed by atoms with van der Waals surface area (Å²) in [5.41, 5.74) is 11.0. The number of rotatable bonds is 7. The lowest BCUT2D eigenvalue weighted by Gasteiger charge is -2.15. The second-order valence-corrected chi connectivity index (χ2v) is 14.4. The number of benzene rings is 8. The molecule has 1 aliphatic rings. The quantitative estimate of drug-likeness (QED) is 0.165. The van der Waals surface area contributed by atoms with E-state index < -0.39 is 0 Å². The lowest BCUT2D eigenvalue weighted by Crippen LogP contribution is -2.02. The van der Waals surface area contributed by atoms with Gasteiger partial charge >= 0.3 is 0 Å². The van der Waals surface area contributed by atoms with Gasteiger partial charge in [0.05, 0.1) is 0 Å². The molecule has 0 saturated carbocycles. The second-order valence-electron chi connectivity index (χ2n) is 14.4. The van der Waals surface area contributed by atoms with Crippen molar-refractivity contribution in [3.8, 4) is 67.5 Å². The number of allylic oxidation sites excluding steroid dienone is 4. The number of hydrogen-bond donors (Lipinski definition) is 0. The molecule has 0 saturated heterocycles. The fourth-order valence-electron chi connectivity index (χ4n) is 7.89. The van der Waals surface area contributed by atoms with E-state index in [1.807, 2.05) is 6.07 Å². The first-order valence-electron chi connectivity index (χ1n) is 19.2. The van der Waals surface area contributed by atoms with E-state index >= 15 is 0 Å². The Balaban J connectivity index is 1.07. The first-order valence-corrected chi connectivity index (χ1v) is 19.2. The summed E-state index contributed by atoms with van der Waals surface area (Å²) in [6.45, 7) is 0. The first-order chi connectivity index (χ1) is 27.7. The van der Waals surface area contributed by atoms with Gasteiger partial charge in [0.15, 0.2) is 17.5 Å². The molecule has 0 fully saturated rings. The summed E-state index contributed by atoms with van der Waals surface area (Å²) in [6, 6.07) is 64.7. The van der Waals surface area contributed by atoms with E-state index in [4.69, 9.17) is 15.0 Å². The first kappa shape index (κ1) is 33.3. The largest absolute Gasteiger partial charge is 0.208 e. The van der Waals surface area contributed by atoms with Gasteiger partial charge in [0.1, 0.15) is 0 Å². The van der Waals surface area contributed by atoms with E-state index in [9.17, 15) is 0 Å². The van der Waals surface area contributed by atoms with Crippen LogP contribution in [0.2, 0.25) is 0 Å². The van der Waals surface area contributed by atoms with Crippen molar-refractivity contribution in [2.24, 2.45) is 0 Å². The Bertz CT molecular complexity index is 2940. The molecule has 0 spiro atoms. The van der Waals surface area contributed by atoms with E-state index in [1.165, 1.54) is 38.2 Å². The number of nitrogens with zero attached hydrogens (tertiary/aromatic N) is 3. The molecule has 1 heterocycles. The van der Waals surface area contributed by atoms with E-state index in [0.29, 0.717) is 23.4 Å². The number of hydrogen-bond acceptors (Lipinski definition) is 3. The van der Waals surface area contributed by atoms with Crippen LogP contribution in [0.25, 0.3) is 89.1 Å². The highest BCUT2D eigenvalue weighted by Crippen LogP contribution is 2.37. The SMILES string of the molecule is C1=CCC(c2ccc(-c3nc(-c4ccccc4-c4ccccc4)nc(-c4ccccc4-c4ccc5cc(-c6ccc7ccccc7c6)ccc5c4)n3)cc2)C=C1. The van der Waals surface area contributed by atoms with Crippen LogP contribution < -0.4 is 0 Å². The molecule has 10 rings (SSSR count). The fraction of sp³-hybridized carbons (Fsp3) is 0.0377. The van der Waals surface area contributed by atoms with Crippen molar-refractivity contribution in [3.63, 3.8) is 0 Å². The summed E-state index contributed by atoms with van der Waals surface area (Å²) in [7, 11) is 0. The molecule has 3 nitrogen and oxygen atoms in total. The van der Waals surface area contributed by atoms with Crippen LogP contribution >= 0.6 is 0 Å². The van der Waals surface area contributed by atoms with Gasteiger partial charge in [-0.05, 0) is 85.1 Å². The molecular weight excluding hydrogens is 679 g/mol. The Morgan fingerprint density at radius 1 is 0.339 bits per heavy atom. The van der Waals surface area contributed by atoms with Crippen molar-refractivity contribution < 1.29 is 0 Å². The van der Waals surface area contributed by atoms with Crippen LogP contribution in [0, 0.1) is 0 Å². The summed E-state index contributed by atoms with van der Waals surface area (Å²) in [6.07, 6.45) is 9.74. The highest BCUT2D eigenvalue weighted by Gasteiger charge is 2.18. The van der Waals surface area contributed by atoms with Crippen molar-refractivity contribution in [1.29, 1.82) is 0 Å². The van der Waals surface area contributed by atoms with Crippen LogP contribution in [0.4, 0.5) is 0 Å². The minimum atomic E-state index is 0.371. The Hall–Kier alpha value is -7.23. The molecule has 1 aromatic heterocycles. The van der Waals surface area contributed by atoms with Gasteiger partial charge in [-0.1, -0.05) is 188 Å². The molecule has 0 N–H and O–H groups in total. The van der Waals surface area contributed by atoms with Crippen LogP contribution in [-0.2, 0) is 0 Å². The summed E-state index contributed by atoms with van der Waals surface area (Å²) >= 11 is 0. The van der Waals surface area contributed by atoms with E-state index in [1.54, 1.807) is 0 Å². The summed E-state index contributed by atoms with van der Waals surface area (Å²) < 4.78 is 0. The highest BCUT2D eigenvalue weighted by atomic mass is 15.0. The topological polar surface area (TPSA) is 38.7 Å². The maximum atomic E-state index is 5.25. The zero-order valence-electron chi connectivity index (χ0n) is 30.8. The van der Waals surface area contributed by atoms with Gasteiger partial charge in [0.25, 0.3) is 0 Å². The molecule has 264 valence electrons. The van der Waals surface area contributed by atoms with E-state index in [2.05, 4.69) is 200 Å². The monoisotopic (exact) mass is 715 g/mol. The summed E-state index contributed by atoms with van der Waals surface area (Å²) in [5, 5.41) is 4.87. The third kappa shape index (κ3) is 6.50. The van der Waals surface area contributed by atoms with Crippen LogP contribution in [0.15, 0.2) is 206 Å². The Kier molecular flexibility index (Phi) is 8.66. The molecule has 0 bridgehead atoms. The van der Waals surface area contributed by atoms with Crippen LogP contribution in [0.5, 0.6) is 0 Å². The highest BCUT2D eigenvalue weighted by molar-refractivity contribution is 5.95. The molecule has 9 aromatic rings. The summed E-state index contributed by atoms with van der Waals surface area (Å²) in [4.78, 5) is 15.6. The molecular formula is C53H37N3. The lowest BCUT2D eigenvalue weighted by atomic mass is 9.92. The Labute approximate surface area is 327 Å². The number of fused-ring (bicyclic) bond motifs is 2. The normalized spacial score (nSPS) is 13.7. The molecule has 0 aliphatic heterocycles. The molecule has 1 unspecified atom stereocenters. The molecule has 8 aromatic carbocycles. The molecule has 0 radical (unpaired) electrons. The van der Waals surface area contributed by atoms with E-state index in [-0.39, 0.29) is 0 Å². The second kappa shape index (κ2) is 14.5. The number of aromatic nitrogens is 3. The van der Waals surface area contributed by atoms with Crippen molar-refractivity contribution in [1.82, 2.24) is 15.0 Å². The standard InChI is InChI=1S/C53H37N3/c1-3-13-36(14-4-1)38-23-26-40(27-24-38)51-54-52(49-21-11-9-19-47(49)39-16-5-2-6-17-39)56-53(55-51)50-22-12-10-20-48(50)46-32-31-44-34-43(29-30-45(44)35-46)42-28-25-37-15-7-8-18-41(37)33-42/h1-13,15-36H,14H2. The van der Waals surface area contributed by atoms with Crippen molar-refractivity contribution >= 4 is 21.5 Å². The maximum absolute atomic E-state index is 5.25. The predicted molar refractivity (Wildman–Crippen MR) is 233 cm³/mol. The van der Waals surface area contributed by atoms with Gasteiger partial charge in [-0.3, -0.25) is 0 Å². The van der Waals surface area contributed by atoms with Gasteiger partial charge in [-0.2, -0.15) is 0 Å². The smallest absolute Gasteiger partial charge is 0.164 e. The van der Waals surface area contributed by atoms with Gasteiger partial charge in [-0.25, -0.2) is 15.0 Å². The van der Waals surface area contributed by atoms with Gasteiger partial charge in [-0.15, -0.1) is 0 Å². The molecule has 1 aliphatic carbocycles. The molecule has 56 heavy (non-hydrogen) atoms. The molecule has 0 amide bonds. The predicted octanol–water partition coefficient (Wildman–Crippen LogP) is 13.8. The average molecular weight is 716 g/mol. The molecule has 1 atom stereocenters. The zero-order valence-corrected chi connectivity index (χ0v) is 30.8. The lowest BCUT2D eigenvalue weighted by molar-refractivity contribution is 0.854.